The fourth-order valence-electron chi connectivity index (χ4n) is 1.62. The van der Waals surface area contributed by atoms with Crippen LogP contribution in [0.1, 0.15) is 5.56 Å². The van der Waals surface area contributed by atoms with Crippen LogP contribution in [0.15, 0.2) is 30.5 Å². The summed E-state index contributed by atoms with van der Waals surface area (Å²) in [5.74, 6) is -1.22. The van der Waals surface area contributed by atoms with Gasteiger partial charge in [-0.3, -0.25) is 0 Å². The summed E-state index contributed by atoms with van der Waals surface area (Å²) in [6, 6.07) is 6.74. The maximum absolute atomic E-state index is 10.5. The van der Waals surface area contributed by atoms with Crippen LogP contribution in [0.3, 0.4) is 0 Å². The van der Waals surface area contributed by atoms with Crippen molar-refractivity contribution in [3.05, 3.63) is 36.0 Å². The molecule has 4 nitrogen and oxygen atoms in total. The molecule has 0 aliphatic rings. The Bertz CT molecular complexity index is 495. The van der Waals surface area contributed by atoms with Crippen LogP contribution in [0.25, 0.3) is 10.9 Å². The number of benzene rings is 1. The van der Waals surface area contributed by atoms with Gasteiger partial charge in [-0.25, -0.2) is 0 Å². The summed E-state index contributed by atoms with van der Waals surface area (Å²) < 4.78 is 0. The van der Waals surface area contributed by atoms with Crippen LogP contribution in [-0.2, 0) is 11.2 Å². The van der Waals surface area contributed by atoms with Gasteiger partial charge in [0.1, 0.15) is 0 Å². The van der Waals surface area contributed by atoms with E-state index < -0.39 is 12.0 Å². The fraction of sp³-hybridized carbons (Fsp3) is 0.182. The Balaban J connectivity index is 0.00000128. The maximum Gasteiger partial charge on any atom is 0.0585 e. The molecule has 0 amide bonds. The molecule has 2 rings (SSSR count). The molecule has 1 aromatic carbocycles. The van der Waals surface area contributed by atoms with E-state index in [0.717, 1.165) is 16.5 Å². The number of hydrogen-bond donors (Lipinski definition) is 2. The van der Waals surface area contributed by atoms with Crippen molar-refractivity contribution in [2.24, 2.45) is 5.73 Å². The molecule has 0 aliphatic heterocycles. The summed E-state index contributed by atoms with van der Waals surface area (Å²) in [4.78, 5) is 13.6. The number of carbonyl (C=O) groups is 1. The SMILES string of the molecule is NC(Cc1c[nH]c2ccccc12)C(=O)[O-].[Li]. The molecule has 79 valence electrons. The zero-order chi connectivity index (χ0) is 10.8. The van der Waals surface area contributed by atoms with Crippen molar-refractivity contribution < 1.29 is 9.90 Å². The molecule has 1 atom stereocenters. The summed E-state index contributed by atoms with van der Waals surface area (Å²) in [5, 5.41) is 11.5. The quantitative estimate of drug-likeness (QED) is 0.664. The van der Waals surface area contributed by atoms with Crippen molar-refractivity contribution in [2.75, 3.05) is 0 Å². The van der Waals surface area contributed by atoms with Gasteiger partial charge >= 0.3 is 0 Å². The first kappa shape index (κ1) is 12.9. The monoisotopic (exact) mass is 210 g/mol. The second-order valence-corrected chi connectivity index (χ2v) is 3.49. The smallest absolute Gasteiger partial charge is 0.0585 e. The number of nitrogens with one attached hydrogen (secondary N) is 1. The van der Waals surface area contributed by atoms with Gasteiger partial charge in [0.15, 0.2) is 0 Å². The number of fused-ring (bicyclic) bond motifs is 1. The summed E-state index contributed by atoms with van der Waals surface area (Å²) in [6.45, 7) is 0. The molecule has 16 heavy (non-hydrogen) atoms. The number of H-pyrrole nitrogens is 1. The molecule has 1 radical (unpaired) electrons. The third-order valence-electron chi connectivity index (χ3n) is 2.42. The average molecular weight is 210 g/mol. The van der Waals surface area contributed by atoms with Gasteiger partial charge in [-0.1, -0.05) is 18.2 Å². The van der Waals surface area contributed by atoms with E-state index >= 15 is 0 Å². The third-order valence-corrected chi connectivity index (χ3v) is 2.42. The predicted octanol–water partition coefficient (Wildman–Crippen LogP) is -0.593. The first-order valence-corrected chi connectivity index (χ1v) is 4.70. The van der Waals surface area contributed by atoms with E-state index in [1.54, 1.807) is 6.20 Å². The van der Waals surface area contributed by atoms with E-state index in [4.69, 9.17) is 5.73 Å². The number of carboxylic acids is 1. The third kappa shape index (κ3) is 2.48. The fourth-order valence-corrected chi connectivity index (χ4v) is 1.62. The Morgan fingerprint density at radius 3 is 2.81 bits per heavy atom. The number of aromatic amines is 1. The van der Waals surface area contributed by atoms with Gasteiger partial charge in [-0.05, 0) is 18.1 Å². The number of carboxylic acid groups (broad SMARTS) is 1. The number of nitrogens with two attached hydrogens (primary N) is 1. The van der Waals surface area contributed by atoms with E-state index in [1.807, 2.05) is 24.3 Å². The van der Waals surface area contributed by atoms with E-state index in [2.05, 4.69) is 4.98 Å². The minimum atomic E-state index is -1.22. The van der Waals surface area contributed by atoms with Crippen molar-refractivity contribution in [3.8, 4) is 0 Å². The number of aliphatic carboxylic acids is 1. The molecule has 3 N–H and O–H groups in total. The van der Waals surface area contributed by atoms with Crippen molar-refractivity contribution in [1.82, 2.24) is 4.98 Å². The Morgan fingerprint density at radius 2 is 2.12 bits per heavy atom. The van der Waals surface area contributed by atoms with Crippen molar-refractivity contribution in [2.45, 2.75) is 12.5 Å². The number of hydrogen-bond acceptors (Lipinski definition) is 3. The van der Waals surface area contributed by atoms with E-state index in [-0.39, 0.29) is 25.3 Å². The van der Waals surface area contributed by atoms with Gasteiger partial charge in [0.05, 0.1) is 5.97 Å². The predicted molar refractivity (Wildman–Crippen MR) is 60.7 cm³/mol. The second kappa shape index (κ2) is 5.22. The molecule has 0 fully saturated rings. The van der Waals surface area contributed by atoms with Gasteiger partial charge in [0.2, 0.25) is 0 Å². The largest absolute Gasteiger partial charge is 0.548 e. The van der Waals surface area contributed by atoms with Crippen molar-refractivity contribution in [1.29, 1.82) is 0 Å². The number of carbonyl (C=O) groups excluding carboxylic acids is 1. The van der Waals surface area contributed by atoms with Crippen LogP contribution in [-0.4, -0.2) is 35.9 Å². The second-order valence-electron chi connectivity index (χ2n) is 3.49. The zero-order valence-corrected chi connectivity index (χ0v) is 9.07. The molecule has 0 spiro atoms. The normalized spacial score (nSPS) is 12.1. The minimum Gasteiger partial charge on any atom is -0.548 e. The summed E-state index contributed by atoms with van der Waals surface area (Å²) in [6.07, 6.45) is 2.07. The van der Waals surface area contributed by atoms with Gasteiger partial charge < -0.3 is 20.6 Å². The Hall–Kier alpha value is -1.21. The summed E-state index contributed by atoms with van der Waals surface area (Å²) >= 11 is 0. The molecule has 0 saturated heterocycles. The first-order valence-electron chi connectivity index (χ1n) is 4.70. The standard InChI is InChI=1S/C11H12N2O2.Li/c12-9(11(14)15)5-7-6-13-10-4-2-1-3-8(7)10;/h1-4,6,9,13H,5,12H2,(H,14,15);/p-1. The topological polar surface area (TPSA) is 81.9 Å². The zero-order valence-electron chi connectivity index (χ0n) is 9.07. The summed E-state index contributed by atoms with van der Waals surface area (Å²) in [5.41, 5.74) is 7.31. The van der Waals surface area contributed by atoms with E-state index in [1.165, 1.54) is 0 Å². The van der Waals surface area contributed by atoms with Crippen LogP contribution >= 0.6 is 0 Å². The van der Waals surface area contributed by atoms with Gasteiger partial charge in [0.25, 0.3) is 0 Å². The van der Waals surface area contributed by atoms with Crippen LogP contribution < -0.4 is 10.8 Å². The van der Waals surface area contributed by atoms with Crippen molar-refractivity contribution >= 4 is 35.7 Å². The van der Waals surface area contributed by atoms with Gasteiger partial charge in [-0.2, -0.15) is 0 Å². The number of aromatic nitrogens is 1. The molecule has 0 aliphatic carbocycles. The van der Waals surface area contributed by atoms with Gasteiger partial charge in [-0.15, -0.1) is 0 Å². The minimum absolute atomic E-state index is 0. The number of rotatable bonds is 3. The van der Waals surface area contributed by atoms with Crippen molar-refractivity contribution in [3.63, 3.8) is 0 Å². The van der Waals surface area contributed by atoms with Crippen LogP contribution in [0.5, 0.6) is 0 Å². The van der Waals surface area contributed by atoms with E-state index in [9.17, 15) is 9.90 Å². The van der Waals surface area contributed by atoms with Gasteiger partial charge in [0, 0.05) is 42.0 Å². The number of para-hydroxylation sites is 1. The maximum atomic E-state index is 10.5. The average Bonchev–Trinajstić information content (AvgIpc) is 2.62. The van der Waals surface area contributed by atoms with Crippen LogP contribution in [0, 0.1) is 0 Å². The molecule has 0 bridgehead atoms. The molecule has 1 unspecified atom stereocenters. The summed E-state index contributed by atoms with van der Waals surface area (Å²) in [7, 11) is 0. The van der Waals surface area contributed by atoms with Crippen LogP contribution in [0.4, 0.5) is 0 Å². The van der Waals surface area contributed by atoms with E-state index in [0.29, 0.717) is 0 Å². The Labute approximate surface area is 105 Å². The molecule has 2 aromatic rings. The molecule has 0 saturated carbocycles. The Kier molecular flexibility index (Phi) is 4.19. The molecule has 5 heteroatoms. The first-order chi connectivity index (χ1) is 7.18. The Morgan fingerprint density at radius 1 is 1.44 bits per heavy atom. The van der Waals surface area contributed by atoms with Crippen LogP contribution in [0.2, 0.25) is 0 Å². The molecule has 1 heterocycles. The molecular weight excluding hydrogens is 199 g/mol. The molecule has 1 aromatic heterocycles. The molecular formula is C11H11LiN2O2-.